The Labute approximate surface area is 220 Å². The van der Waals surface area contributed by atoms with Gasteiger partial charge in [0.1, 0.15) is 12.6 Å². The third-order valence-electron chi connectivity index (χ3n) is 5.04. The summed E-state index contributed by atoms with van der Waals surface area (Å²) in [4.78, 5) is 51.3. The number of thiophene rings is 1. The van der Waals surface area contributed by atoms with Gasteiger partial charge in [-0.3, -0.25) is 14.4 Å². The SMILES string of the molecule is CC(C)OC(=O)N[C@@H](CNC(=O)c1ccc(Cl)s1)C(=O)Nc1ccc(N2CCOCC2=O)cc1C(F)F. The summed E-state index contributed by atoms with van der Waals surface area (Å²) in [6.45, 7) is 3.15. The highest BCUT2D eigenvalue weighted by Gasteiger charge is 2.27. The van der Waals surface area contributed by atoms with Crippen molar-refractivity contribution in [3.05, 3.63) is 45.1 Å². The molecule has 14 heteroatoms. The van der Waals surface area contributed by atoms with E-state index < -0.39 is 42.0 Å². The summed E-state index contributed by atoms with van der Waals surface area (Å²) >= 11 is 6.87. The van der Waals surface area contributed by atoms with Crippen molar-refractivity contribution < 1.29 is 37.4 Å². The van der Waals surface area contributed by atoms with Crippen LogP contribution in [0.5, 0.6) is 0 Å². The van der Waals surface area contributed by atoms with E-state index >= 15 is 0 Å². The van der Waals surface area contributed by atoms with Crippen molar-refractivity contribution in [3.63, 3.8) is 0 Å². The van der Waals surface area contributed by atoms with Crippen molar-refractivity contribution in [2.75, 3.05) is 36.5 Å². The lowest BCUT2D eigenvalue weighted by Gasteiger charge is -2.28. The van der Waals surface area contributed by atoms with E-state index in [4.69, 9.17) is 21.1 Å². The van der Waals surface area contributed by atoms with Crippen molar-refractivity contribution >= 4 is 58.1 Å². The highest BCUT2D eigenvalue weighted by Crippen LogP contribution is 2.32. The van der Waals surface area contributed by atoms with Gasteiger partial charge in [0, 0.05) is 30.0 Å². The average molecular weight is 559 g/mol. The van der Waals surface area contributed by atoms with Gasteiger partial charge in [0.05, 0.1) is 21.9 Å². The van der Waals surface area contributed by atoms with Gasteiger partial charge in [-0.2, -0.15) is 0 Å². The number of halogens is 3. The fraction of sp³-hybridized carbons (Fsp3) is 0.391. The second-order valence-electron chi connectivity index (χ2n) is 8.12. The zero-order chi connectivity index (χ0) is 27.1. The molecule has 0 bridgehead atoms. The van der Waals surface area contributed by atoms with Crippen LogP contribution < -0.4 is 20.9 Å². The average Bonchev–Trinajstić information content (AvgIpc) is 3.28. The van der Waals surface area contributed by atoms with Crippen LogP contribution in [0.25, 0.3) is 0 Å². The summed E-state index contributed by atoms with van der Waals surface area (Å²) in [7, 11) is 0. The van der Waals surface area contributed by atoms with E-state index in [1.165, 1.54) is 29.2 Å². The molecule has 4 amide bonds. The minimum absolute atomic E-state index is 0.161. The quantitative estimate of drug-likeness (QED) is 0.432. The van der Waals surface area contributed by atoms with Gasteiger partial charge in [0.15, 0.2) is 0 Å². The van der Waals surface area contributed by atoms with Crippen LogP contribution in [0.3, 0.4) is 0 Å². The highest BCUT2D eigenvalue weighted by atomic mass is 35.5. The molecule has 1 atom stereocenters. The summed E-state index contributed by atoms with van der Waals surface area (Å²) in [5, 5.41) is 7.22. The first kappa shape index (κ1) is 28.3. The van der Waals surface area contributed by atoms with Crippen molar-refractivity contribution in [1.29, 1.82) is 0 Å². The van der Waals surface area contributed by atoms with Gasteiger partial charge < -0.3 is 30.3 Å². The van der Waals surface area contributed by atoms with Crippen LogP contribution in [0.2, 0.25) is 4.34 Å². The van der Waals surface area contributed by atoms with Crippen LogP contribution in [-0.4, -0.2) is 62.3 Å². The molecule has 1 saturated heterocycles. The number of nitrogens with zero attached hydrogens (tertiary/aromatic N) is 1. The maximum absolute atomic E-state index is 13.9. The minimum atomic E-state index is -2.98. The fourth-order valence-corrected chi connectivity index (χ4v) is 4.30. The van der Waals surface area contributed by atoms with Crippen LogP contribution >= 0.6 is 22.9 Å². The predicted molar refractivity (Wildman–Crippen MR) is 133 cm³/mol. The van der Waals surface area contributed by atoms with Gasteiger partial charge >= 0.3 is 6.09 Å². The minimum Gasteiger partial charge on any atom is -0.447 e. The van der Waals surface area contributed by atoms with Gasteiger partial charge in [-0.1, -0.05) is 11.6 Å². The lowest BCUT2D eigenvalue weighted by atomic mass is 10.1. The third kappa shape index (κ3) is 7.84. The number of anilines is 2. The molecule has 0 spiro atoms. The van der Waals surface area contributed by atoms with Crippen molar-refractivity contribution in [2.24, 2.45) is 0 Å². The summed E-state index contributed by atoms with van der Waals surface area (Å²) in [5.41, 5.74) is -0.505. The summed E-state index contributed by atoms with van der Waals surface area (Å²) in [5.74, 6) is -1.79. The second-order valence-corrected chi connectivity index (χ2v) is 9.84. The number of ether oxygens (including phenoxy) is 2. The molecule has 37 heavy (non-hydrogen) atoms. The Kier molecular flexibility index (Phi) is 9.78. The molecule has 1 aromatic heterocycles. The standard InChI is InChI=1S/C23H25ClF2N4O6S/c1-12(2)36-23(34)29-16(10-27-22(33)17-5-6-18(24)37-17)21(32)28-15-4-3-13(9-14(15)20(25)26)30-7-8-35-11-19(30)31/h3-6,9,12,16,20H,7-8,10-11H2,1-2H3,(H,27,33)(H,28,32)(H,29,34)/t16-/m0/s1. The van der Waals surface area contributed by atoms with Crippen LogP contribution in [0.1, 0.15) is 35.5 Å². The number of morpholine rings is 1. The second kappa shape index (κ2) is 12.8. The Morgan fingerprint density at radius 3 is 2.59 bits per heavy atom. The molecular weight excluding hydrogens is 534 g/mol. The molecule has 3 N–H and O–H groups in total. The first-order chi connectivity index (χ1) is 17.5. The number of hydrogen-bond acceptors (Lipinski definition) is 7. The van der Waals surface area contributed by atoms with E-state index in [2.05, 4.69) is 16.0 Å². The molecule has 1 fully saturated rings. The topological polar surface area (TPSA) is 126 Å². The summed E-state index contributed by atoms with van der Waals surface area (Å²) in [6, 6.07) is 5.44. The number of carbonyl (C=O) groups excluding carboxylic acids is 4. The third-order valence-corrected chi connectivity index (χ3v) is 6.27. The van der Waals surface area contributed by atoms with Crippen molar-refractivity contribution in [2.45, 2.75) is 32.4 Å². The number of nitrogens with one attached hydrogen (secondary N) is 3. The van der Waals surface area contributed by atoms with Crippen molar-refractivity contribution in [3.8, 4) is 0 Å². The monoisotopic (exact) mass is 558 g/mol. The summed E-state index contributed by atoms with van der Waals surface area (Å²) in [6.07, 6.45) is -4.40. The first-order valence-electron chi connectivity index (χ1n) is 11.2. The normalized spacial score (nSPS) is 14.5. The number of amides is 4. The zero-order valence-electron chi connectivity index (χ0n) is 19.9. The Morgan fingerprint density at radius 2 is 1.97 bits per heavy atom. The van der Waals surface area contributed by atoms with Crippen LogP contribution in [0.4, 0.5) is 25.0 Å². The van der Waals surface area contributed by atoms with E-state index in [0.717, 1.165) is 17.4 Å². The molecular formula is C23H25ClF2N4O6S. The van der Waals surface area contributed by atoms with E-state index in [1.807, 2.05) is 0 Å². The zero-order valence-corrected chi connectivity index (χ0v) is 21.5. The fourth-order valence-electron chi connectivity index (χ4n) is 3.34. The number of hydrogen-bond donors (Lipinski definition) is 3. The van der Waals surface area contributed by atoms with Crippen LogP contribution in [0, 0.1) is 0 Å². The Balaban J connectivity index is 1.78. The lowest BCUT2D eigenvalue weighted by Crippen LogP contribution is -2.51. The number of alkyl halides is 2. The molecule has 1 aliphatic heterocycles. The van der Waals surface area contributed by atoms with Gasteiger partial charge in [-0.15, -0.1) is 11.3 Å². The molecule has 1 aromatic carbocycles. The molecule has 1 aliphatic rings. The van der Waals surface area contributed by atoms with E-state index in [-0.39, 0.29) is 48.5 Å². The molecule has 0 radical (unpaired) electrons. The molecule has 10 nitrogen and oxygen atoms in total. The molecule has 0 saturated carbocycles. The lowest BCUT2D eigenvalue weighted by molar-refractivity contribution is -0.125. The van der Waals surface area contributed by atoms with E-state index in [0.29, 0.717) is 4.34 Å². The number of benzene rings is 1. The van der Waals surface area contributed by atoms with Gasteiger partial charge in [0.2, 0.25) is 5.91 Å². The van der Waals surface area contributed by atoms with Crippen LogP contribution in [0.15, 0.2) is 30.3 Å². The maximum atomic E-state index is 13.9. The van der Waals surface area contributed by atoms with Crippen LogP contribution in [-0.2, 0) is 19.1 Å². The first-order valence-corrected chi connectivity index (χ1v) is 12.4. The van der Waals surface area contributed by atoms with Gasteiger partial charge in [-0.25, -0.2) is 13.6 Å². The Bertz CT molecular complexity index is 1160. The molecule has 2 aromatic rings. The molecule has 200 valence electrons. The smallest absolute Gasteiger partial charge is 0.408 e. The number of rotatable bonds is 9. The van der Waals surface area contributed by atoms with Gasteiger partial charge in [0.25, 0.3) is 18.2 Å². The maximum Gasteiger partial charge on any atom is 0.408 e. The summed E-state index contributed by atoms with van der Waals surface area (Å²) < 4.78 is 38.2. The van der Waals surface area contributed by atoms with Gasteiger partial charge in [-0.05, 0) is 44.2 Å². The molecule has 0 unspecified atom stereocenters. The van der Waals surface area contributed by atoms with E-state index in [9.17, 15) is 28.0 Å². The van der Waals surface area contributed by atoms with E-state index in [1.54, 1.807) is 13.8 Å². The largest absolute Gasteiger partial charge is 0.447 e. The molecule has 2 heterocycles. The number of carbonyl (C=O) groups is 4. The molecule has 3 rings (SSSR count). The predicted octanol–water partition coefficient (Wildman–Crippen LogP) is 3.57. The Morgan fingerprint density at radius 1 is 1.22 bits per heavy atom. The Hall–Kier alpha value is -3.29. The highest BCUT2D eigenvalue weighted by molar-refractivity contribution is 7.18. The number of alkyl carbamates (subject to hydrolysis) is 1. The van der Waals surface area contributed by atoms with Crippen molar-refractivity contribution in [1.82, 2.24) is 10.6 Å². The molecule has 0 aliphatic carbocycles.